The number of hydrogen-bond donors (Lipinski definition) is 3. The van der Waals surface area contributed by atoms with E-state index < -0.39 is 35.8 Å². The first-order valence-electron chi connectivity index (χ1n) is 11.5. The van der Waals surface area contributed by atoms with Gasteiger partial charge in [-0.3, -0.25) is 14.4 Å². The summed E-state index contributed by atoms with van der Waals surface area (Å²) >= 11 is 0. The first-order valence-corrected chi connectivity index (χ1v) is 11.5. The van der Waals surface area contributed by atoms with Crippen molar-refractivity contribution in [3.8, 4) is 0 Å². The van der Waals surface area contributed by atoms with Gasteiger partial charge in [0.25, 0.3) is 5.91 Å². The largest absolute Gasteiger partial charge is 0.444 e. The molecular formula is C24H35N3O6. The Kier molecular flexibility index (Phi) is 10.8. The van der Waals surface area contributed by atoms with Gasteiger partial charge in [-0.15, -0.1) is 0 Å². The average molecular weight is 462 g/mol. The van der Waals surface area contributed by atoms with Crippen LogP contribution in [0.3, 0.4) is 0 Å². The van der Waals surface area contributed by atoms with Gasteiger partial charge in [0.1, 0.15) is 12.1 Å². The Morgan fingerprint density at radius 3 is 2.42 bits per heavy atom. The molecule has 1 aliphatic heterocycles. The molecule has 2 rings (SSSR count). The first kappa shape index (κ1) is 26.3. The third kappa shape index (κ3) is 9.21. The highest BCUT2D eigenvalue weighted by molar-refractivity contribution is 6.38. The van der Waals surface area contributed by atoms with Crippen LogP contribution in [0.25, 0.3) is 0 Å². The number of aryl methyl sites for hydroxylation is 1. The van der Waals surface area contributed by atoms with Gasteiger partial charge in [0.2, 0.25) is 11.7 Å². The molecule has 0 aromatic heterocycles. The van der Waals surface area contributed by atoms with E-state index in [1.54, 1.807) is 6.92 Å². The number of nitrogens with one attached hydrogen (secondary N) is 3. The van der Waals surface area contributed by atoms with Crippen LogP contribution in [-0.2, 0) is 30.3 Å². The molecule has 0 saturated carbocycles. The minimum atomic E-state index is -1.01. The van der Waals surface area contributed by atoms with Gasteiger partial charge >= 0.3 is 6.09 Å². The van der Waals surface area contributed by atoms with Crippen LogP contribution >= 0.6 is 0 Å². The van der Waals surface area contributed by atoms with E-state index in [0.717, 1.165) is 5.56 Å². The van der Waals surface area contributed by atoms with Crippen molar-refractivity contribution in [2.24, 2.45) is 5.92 Å². The van der Waals surface area contributed by atoms with E-state index in [-0.39, 0.29) is 18.4 Å². The highest BCUT2D eigenvalue weighted by atomic mass is 16.6. The van der Waals surface area contributed by atoms with E-state index in [9.17, 15) is 19.2 Å². The molecule has 3 atom stereocenters. The van der Waals surface area contributed by atoms with Gasteiger partial charge in [0, 0.05) is 13.0 Å². The Bertz CT molecular complexity index is 793. The van der Waals surface area contributed by atoms with Crippen molar-refractivity contribution >= 4 is 23.7 Å². The maximum Gasteiger partial charge on any atom is 0.408 e. The molecule has 0 aliphatic carbocycles. The fourth-order valence-corrected chi connectivity index (χ4v) is 3.54. The Labute approximate surface area is 195 Å². The average Bonchev–Trinajstić information content (AvgIpc) is 3.29. The Morgan fingerprint density at radius 1 is 1.09 bits per heavy atom. The molecule has 3 N–H and O–H groups in total. The molecule has 0 spiro atoms. The van der Waals surface area contributed by atoms with Crippen molar-refractivity contribution in [2.45, 2.75) is 64.6 Å². The molecular weight excluding hydrogens is 426 g/mol. The highest BCUT2D eigenvalue weighted by Crippen LogP contribution is 2.11. The molecule has 1 heterocycles. The fraction of sp³-hybridized carbons (Fsp3) is 0.583. The highest BCUT2D eigenvalue weighted by Gasteiger charge is 2.31. The van der Waals surface area contributed by atoms with Crippen LogP contribution < -0.4 is 16.0 Å². The van der Waals surface area contributed by atoms with Crippen molar-refractivity contribution in [3.05, 3.63) is 35.9 Å². The summed E-state index contributed by atoms with van der Waals surface area (Å²) in [6.45, 7) is 6.72. The first-order chi connectivity index (χ1) is 15.8. The minimum absolute atomic E-state index is 0.0951. The van der Waals surface area contributed by atoms with Crippen LogP contribution in [0.2, 0.25) is 0 Å². The van der Waals surface area contributed by atoms with E-state index in [0.29, 0.717) is 39.0 Å². The number of Topliss-reactive ketones (excluding diaryl/α,β-unsaturated/α-hetero) is 1. The lowest BCUT2D eigenvalue weighted by Gasteiger charge is -2.24. The third-order valence-corrected chi connectivity index (χ3v) is 5.24. The van der Waals surface area contributed by atoms with E-state index in [1.807, 2.05) is 44.2 Å². The smallest absolute Gasteiger partial charge is 0.408 e. The number of ether oxygens (including phenoxy) is 2. The molecule has 1 aromatic carbocycles. The van der Waals surface area contributed by atoms with Crippen molar-refractivity contribution in [1.82, 2.24) is 16.0 Å². The van der Waals surface area contributed by atoms with Crippen LogP contribution in [0.1, 0.15) is 45.6 Å². The summed E-state index contributed by atoms with van der Waals surface area (Å²) in [6.07, 6.45) is 0.667. The standard InChI is InChI=1S/C24H35N3O6/c1-4-25-23(30)21(28)19(11-10-17-8-6-5-7-9-17)26-22(29)20(14-16(2)3)27-24(31)33-18-12-13-32-15-18/h5-9,16,18-20H,4,10-15H2,1-3H3,(H,25,30)(H,26,29)(H,27,31)/t18-,19-,20-/m0/s1. The van der Waals surface area contributed by atoms with Gasteiger partial charge in [-0.05, 0) is 37.7 Å². The molecule has 0 radical (unpaired) electrons. The maximum absolute atomic E-state index is 13.1. The molecule has 1 saturated heterocycles. The number of benzene rings is 1. The Hall–Kier alpha value is -2.94. The van der Waals surface area contributed by atoms with Gasteiger partial charge < -0.3 is 25.4 Å². The number of hydrogen-bond acceptors (Lipinski definition) is 6. The van der Waals surface area contributed by atoms with Gasteiger partial charge in [-0.25, -0.2) is 4.79 Å². The second kappa shape index (κ2) is 13.6. The summed E-state index contributed by atoms with van der Waals surface area (Å²) in [6, 6.07) is 7.58. The minimum Gasteiger partial charge on any atom is -0.444 e. The van der Waals surface area contributed by atoms with E-state index in [2.05, 4.69) is 16.0 Å². The van der Waals surface area contributed by atoms with Crippen molar-refractivity contribution in [1.29, 1.82) is 0 Å². The van der Waals surface area contributed by atoms with Crippen LogP contribution in [0.15, 0.2) is 30.3 Å². The second-order valence-corrected chi connectivity index (χ2v) is 8.53. The Balaban J connectivity index is 2.07. The molecule has 9 nitrogen and oxygen atoms in total. The topological polar surface area (TPSA) is 123 Å². The summed E-state index contributed by atoms with van der Waals surface area (Å²) in [5.41, 5.74) is 0.986. The molecule has 3 amide bonds. The summed E-state index contributed by atoms with van der Waals surface area (Å²) in [4.78, 5) is 50.3. The third-order valence-electron chi connectivity index (χ3n) is 5.24. The molecule has 9 heteroatoms. The predicted molar refractivity (Wildman–Crippen MR) is 122 cm³/mol. The summed E-state index contributed by atoms with van der Waals surface area (Å²) < 4.78 is 10.5. The number of rotatable bonds is 12. The molecule has 1 aromatic rings. The normalized spacial score (nSPS) is 17.2. The molecule has 33 heavy (non-hydrogen) atoms. The SMILES string of the molecule is CCNC(=O)C(=O)[C@H](CCc1ccccc1)NC(=O)[C@H](CC(C)C)NC(=O)O[C@H]1CCOC1. The zero-order valence-corrected chi connectivity index (χ0v) is 19.6. The zero-order chi connectivity index (χ0) is 24.2. The summed E-state index contributed by atoms with van der Waals surface area (Å²) in [5, 5.41) is 7.78. The maximum atomic E-state index is 13.1. The van der Waals surface area contributed by atoms with E-state index >= 15 is 0 Å². The lowest BCUT2D eigenvalue weighted by atomic mass is 9.99. The molecule has 0 bridgehead atoms. The summed E-state index contributed by atoms with van der Waals surface area (Å²) in [7, 11) is 0. The van der Waals surface area contributed by atoms with Crippen LogP contribution in [0.5, 0.6) is 0 Å². The lowest BCUT2D eigenvalue weighted by Crippen LogP contribution is -2.54. The van der Waals surface area contributed by atoms with Crippen LogP contribution in [0, 0.1) is 5.92 Å². The van der Waals surface area contributed by atoms with Crippen LogP contribution in [-0.4, -0.2) is 61.6 Å². The van der Waals surface area contributed by atoms with Crippen molar-refractivity contribution < 1.29 is 28.7 Å². The number of likely N-dealkylation sites (N-methyl/N-ethyl adjacent to an activating group) is 1. The fourth-order valence-electron chi connectivity index (χ4n) is 3.54. The van der Waals surface area contributed by atoms with Crippen molar-refractivity contribution in [3.63, 3.8) is 0 Å². The van der Waals surface area contributed by atoms with Gasteiger partial charge in [-0.2, -0.15) is 0 Å². The Morgan fingerprint density at radius 2 is 1.82 bits per heavy atom. The zero-order valence-electron chi connectivity index (χ0n) is 19.6. The number of amides is 3. The predicted octanol–water partition coefficient (Wildman–Crippen LogP) is 1.74. The molecule has 1 aliphatic rings. The molecule has 1 fully saturated rings. The number of carbonyl (C=O) groups excluding carboxylic acids is 4. The lowest BCUT2D eigenvalue weighted by molar-refractivity contribution is -0.140. The van der Waals surface area contributed by atoms with Crippen molar-refractivity contribution in [2.75, 3.05) is 19.8 Å². The summed E-state index contributed by atoms with van der Waals surface area (Å²) in [5.74, 6) is -1.89. The monoisotopic (exact) mass is 461 g/mol. The second-order valence-electron chi connectivity index (χ2n) is 8.53. The van der Waals surface area contributed by atoms with E-state index in [4.69, 9.17) is 9.47 Å². The quantitative estimate of drug-likeness (QED) is 0.408. The van der Waals surface area contributed by atoms with Gasteiger partial charge in [0.05, 0.1) is 19.3 Å². The van der Waals surface area contributed by atoms with Crippen LogP contribution in [0.4, 0.5) is 4.79 Å². The molecule has 182 valence electrons. The van der Waals surface area contributed by atoms with Gasteiger partial charge in [-0.1, -0.05) is 44.2 Å². The number of carbonyl (C=O) groups is 4. The molecule has 0 unspecified atom stereocenters. The van der Waals surface area contributed by atoms with E-state index in [1.165, 1.54) is 0 Å². The number of ketones is 1. The number of alkyl carbamates (subject to hydrolysis) is 1. The van der Waals surface area contributed by atoms with Gasteiger partial charge in [0.15, 0.2) is 0 Å².